The standard InChI is InChI=1S/C25H28N2O6/c1-3-14-32-21-13-12-18(23(17(21)2)33-15-8-7-11-22(28)29)16-20-24(30)26-27(25(20)31)19-9-5-4-6-10-19/h4-6,9-10,12-13,16H,3,7-8,11,14-15H2,1-2H3,(H,26,30)(H,28,29)/b20-16+. The van der Waals surface area contributed by atoms with Gasteiger partial charge in [0, 0.05) is 17.5 Å². The molecule has 0 radical (unpaired) electrons. The van der Waals surface area contributed by atoms with Crippen LogP contribution in [-0.2, 0) is 14.4 Å². The number of hydrogen-bond acceptors (Lipinski definition) is 5. The number of hydrazine groups is 1. The molecule has 1 saturated heterocycles. The van der Waals surface area contributed by atoms with Gasteiger partial charge in [0.05, 0.1) is 18.9 Å². The minimum absolute atomic E-state index is 0.00351. The summed E-state index contributed by atoms with van der Waals surface area (Å²) in [6.45, 7) is 4.72. The van der Waals surface area contributed by atoms with Crippen molar-refractivity contribution < 1.29 is 29.0 Å². The third kappa shape index (κ3) is 5.91. The Kier molecular flexibility index (Phi) is 8.07. The number of carbonyl (C=O) groups is 3. The van der Waals surface area contributed by atoms with E-state index in [-0.39, 0.29) is 12.0 Å². The third-order valence-electron chi connectivity index (χ3n) is 5.09. The van der Waals surface area contributed by atoms with E-state index in [1.54, 1.807) is 36.4 Å². The average molecular weight is 453 g/mol. The molecule has 2 amide bonds. The van der Waals surface area contributed by atoms with Crippen LogP contribution in [0.5, 0.6) is 11.5 Å². The van der Waals surface area contributed by atoms with E-state index in [2.05, 4.69) is 5.43 Å². The summed E-state index contributed by atoms with van der Waals surface area (Å²) < 4.78 is 11.8. The van der Waals surface area contributed by atoms with E-state index in [0.29, 0.717) is 48.8 Å². The molecule has 0 saturated carbocycles. The molecule has 2 aromatic carbocycles. The Labute approximate surface area is 192 Å². The zero-order valence-electron chi connectivity index (χ0n) is 18.8. The molecule has 33 heavy (non-hydrogen) atoms. The number of aliphatic carboxylic acids is 1. The highest BCUT2D eigenvalue weighted by molar-refractivity contribution is 6.31. The van der Waals surface area contributed by atoms with Gasteiger partial charge in [0.2, 0.25) is 0 Å². The second-order valence-electron chi connectivity index (χ2n) is 7.63. The highest BCUT2D eigenvalue weighted by atomic mass is 16.5. The Balaban J connectivity index is 1.88. The normalized spacial score (nSPS) is 14.5. The summed E-state index contributed by atoms with van der Waals surface area (Å²) in [5.41, 5.74) is 4.47. The Morgan fingerprint density at radius 1 is 1.06 bits per heavy atom. The monoisotopic (exact) mass is 452 g/mol. The zero-order chi connectivity index (χ0) is 23.8. The van der Waals surface area contributed by atoms with Crippen LogP contribution in [0.25, 0.3) is 6.08 Å². The summed E-state index contributed by atoms with van der Waals surface area (Å²) in [5, 5.41) is 10.0. The van der Waals surface area contributed by atoms with Gasteiger partial charge in [-0.05, 0) is 56.5 Å². The first kappa shape index (κ1) is 23.8. The fourth-order valence-electron chi connectivity index (χ4n) is 3.39. The Bertz CT molecular complexity index is 1050. The first-order valence-electron chi connectivity index (χ1n) is 11.0. The molecule has 3 rings (SSSR count). The lowest BCUT2D eigenvalue weighted by molar-refractivity contribution is -0.137. The van der Waals surface area contributed by atoms with Gasteiger partial charge in [0.1, 0.15) is 17.1 Å². The van der Waals surface area contributed by atoms with Crippen molar-refractivity contribution in [2.45, 2.75) is 39.5 Å². The molecular weight excluding hydrogens is 424 g/mol. The summed E-state index contributed by atoms with van der Waals surface area (Å²) in [7, 11) is 0. The van der Waals surface area contributed by atoms with Crippen LogP contribution >= 0.6 is 0 Å². The number of anilines is 1. The number of nitrogens with zero attached hydrogens (tertiary/aromatic N) is 1. The maximum absolute atomic E-state index is 12.9. The molecule has 0 aromatic heterocycles. The van der Waals surface area contributed by atoms with Crippen molar-refractivity contribution in [2.24, 2.45) is 0 Å². The van der Waals surface area contributed by atoms with Crippen LogP contribution in [-0.4, -0.2) is 36.1 Å². The number of ether oxygens (including phenoxy) is 2. The average Bonchev–Trinajstić information content (AvgIpc) is 3.08. The first-order chi connectivity index (χ1) is 15.9. The van der Waals surface area contributed by atoms with Gasteiger partial charge < -0.3 is 14.6 Å². The predicted molar refractivity (Wildman–Crippen MR) is 124 cm³/mol. The van der Waals surface area contributed by atoms with Gasteiger partial charge in [-0.25, -0.2) is 5.01 Å². The van der Waals surface area contributed by atoms with Gasteiger partial charge in [0.25, 0.3) is 11.8 Å². The SMILES string of the molecule is CCCOc1ccc(/C=C2\C(=O)NN(c3ccccc3)C2=O)c(OCCCCC(=O)O)c1C. The topological polar surface area (TPSA) is 105 Å². The van der Waals surface area contributed by atoms with E-state index in [1.807, 2.05) is 19.9 Å². The van der Waals surface area contributed by atoms with Gasteiger partial charge in [-0.3, -0.25) is 19.8 Å². The van der Waals surface area contributed by atoms with Crippen LogP contribution in [0.1, 0.15) is 43.7 Å². The zero-order valence-corrected chi connectivity index (χ0v) is 18.8. The molecule has 0 bridgehead atoms. The molecule has 0 spiro atoms. The number of carboxylic acids is 1. The predicted octanol–water partition coefficient (Wildman–Crippen LogP) is 3.88. The molecule has 8 heteroatoms. The lowest BCUT2D eigenvalue weighted by Crippen LogP contribution is -2.35. The van der Waals surface area contributed by atoms with Gasteiger partial charge in [-0.2, -0.15) is 0 Å². The molecule has 0 atom stereocenters. The summed E-state index contributed by atoms with van der Waals surface area (Å²) in [5.74, 6) is -0.638. The number of benzene rings is 2. The molecule has 1 aliphatic heterocycles. The minimum Gasteiger partial charge on any atom is -0.493 e. The molecule has 1 heterocycles. The van der Waals surface area contributed by atoms with E-state index >= 15 is 0 Å². The number of hydrogen-bond donors (Lipinski definition) is 2. The van der Waals surface area contributed by atoms with Crippen molar-refractivity contribution in [3.63, 3.8) is 0 Å². The van der Waals surface area contributed by atoms with Crippen molar-refractivity contribution in [1.29, 1.82) is 0 Å². The highest BCUT2D eigenvalue weighted by Crippen LogP contribution is 2.34. The molecule has 174 valence electrons. The Morgan fingerprint density at radius 3 is 2.52 bits per heavy atom. The molecule has 0 aliphatic carbocycles. The summed E-state index contributed by atoms with van der Waals surface area (Å²) in [4.78, 5) is 36.2. The van der Waals surface area contributed by atoms with Crippen molar-refractivity contribution in [2.75, 3.05) is 18.2 Å². The second-order valence-corrected chi connectivity index (χ2v) is 7.63. The second kappa shape index (κ2) is 11.2. The maximum atomic E-state index is 12.9. The van der Waals surface area contributed by atoms with E-state index < -0.39 is 17.8 Å². The van der Waals surface area contributed by atoms with E-state index in [4.69, 9.17) is 14.6 Å². The molecule has 1 aliphatic rings. The summed E-state index contributed by atoms with van der Waals surface area (Å²) in [6.07, 6.45) is 3.49. The quantitative estimate of drug-likeness (QED) is 0.305. The van der Waals surface area contributed by atoms with Crippen molar-refractivity contribution >= 4 is 29.5 Å². The number of carboxylic acid groups (broad SMARTS) is 1. The van der Waals surface area contributed by atoms with Crippen molar-refractivity contribution in [3.8, 4) is 11.5 Å². The Hall–Kier alpha value is -3.81. The third-order valence-corrected chi connectivity index (χ3v) is 5.09. The van der Waals surface area contributed by atoms with E-state index in [0.717, 1.165) is 12.0 Å². The molecular formula is C25H28N2O6. The first-order valence-corrected chi connectivity index (χ1v) is 11.0. The van der Waals surface area contributed by atoms with Crippen LogP contribution in [0.3, 0.4) is 0 Å². The lowest BCUT2D eigenvalue weighted by Gasteiger charge is -2.16. The maximum Gasteiger partial charge on any atom is 0.303 e. The lowest BCUT2D eigenvalue weighted by atomic mass is 10.0. The van der Waals surface area contributed by atoms with E-state index in [9.17, 15) is 14.4 Å². The number of nitrogens with one attached hydrogen (secondary N) is 1. The number of para-hydroxylation sites is 1. The molecule has 0 unspecified atom stereocenters. The molecule has 2 aromatic rings. The summed E-state index contributed by atoms with van der Waals surface area (Å²) in [6, 6.07) is 12.4. The fourth-order valence-corrected chi connectivity index (χ4v) is 3.39. The van der Waals surface area contributed by atoms with Crippen LogP contribution in [0.4, 0.5) is 5.69 Å². The number of rotatable bonds is 11. The fraction of sp³-hybridized carbons (Fsp3) is 0.320. The number of carbonyl (C=O) groups excluding carboxylic acids is 2. The molecule has 8 nitrogen and oxygen atoms in total. The van der Waals surface area contributed by atoms with Crippen LogP contribution in [0.15, 0.2) is 48.0 Å². The van der Waals surface area contributed by atoms with Crippen LogP contribution < -0.4 is 19.9 Å². The smallest absolute Gasteiger partial charge is 0.303 e. The highest BCUT2D eigenvalue weighted by Gasteiger charge is 2.34. The number of amides is 2. The van der Waals surface area contributed by atoms with E-state index in [1.165, 1.54) is 11.1 Å². The summed E-state index contributed by atoms with van der Waals surface area (Å²) >= 11 is 0. The Morgan fingerprint density at radius 2 is 1.82 bits per heavy atom. The van der Waals surface area contributed by atoms with Gasteiger partial charge in [-0.1, -0.05) is 25.1 Å². The van der Waals surface area contributed by atoms with Crippen molar-refractivity contribution in [3.05, 3.63) is 59.2 Å². The van der Waals surface area contributed by atoms with Crippen molar-refractivity contribution in [1.82, 2.24) is 5.43 Å². The molecule has 1 fully saturated rings. The number of unbranched alkanes of at least 4 members (excludes halogenated alkanes) is 1. The van der Waals surface area contributed by atoms with Crippen LogP contribution in [0.2, 0.25) is 0 Å². The van der Waals surface area contributed by atoms with Gasteiger partial charge in [-0.15, -0.1) is 0 Å². The molecule has 2 N–H and O–H groups in total. The van der Waals surface area contributed by atoms with Gasteiger partial charge >= 0.3 is 5.97 Å². The van der Waals surface area contributed by atoms with Crippen LogP contribution in [0, 0.1) is 6.92 Å². The minimum atomic E-state index is -0.847. The largest absolute Gasteiger partial charge is 0.493 e. The van der Waals surface area contributed by atoms with Gasteiger partial charge in [0.15, 0.2) is 0 Å².